The molecule has 0 spiro atoms. The Labute approximate surface area is 187 Å². The number of pyridine rings is 2. The molecule has 0 bridgehead atoms. The van der Waals surface area contributed by atoms with Crippen LogP contribution in [0.15, 0.2) is 59.6 Å². The van der Waals surface area contributed by atoms with Crippen LogP contribution in [0.1, 0.15) is 35.7 Å². The van der Waals surface area contributed by atoms with Gasteiger partial charge in [0.15, 0.2) is 5.03 Å². The Morgan fingerprint density at radius 1 is 1.09 bits per heavy atom. The number of anilines is 2. The van der Waals surface area contributed by atoms with Crippen molar-refractivity contribution in [2.45, 2.75) is 37.8 Å². The largest absolute Gasteiger partial charge is 0.384 e. The van der Waals surface area contributed by atoms with Gasteiger partial charge in [0.25, 0.3) is 15.9 Å². The Morgan fingerprint density at radius 3 is 2.50 bits per heavy atom. The van der Waals surface area contributed by atoms with E-state index in [0.29, 0.717) is 5.82 Å². The lowest BCUT2D eigenvalue weighted by Gasteiger charge is -2.25. The van der Waals surface area contributed by atoms with Gasteiger partial charge in [-0.2, -0.15) is 8.42 Å². The molecule has 8 nitrogen and oxygen atoms in total. The first kappa shape index (κ1) is 21.8. The fourth-order valence-corrected chi connectivity index (χ4v) is 4.73. The van der Waals surface area contributed by atoms with Crippen molar-refractivity contribution >= 4 is 27.6 Å². The number of hydrogen-bond donors (Lipinski definition) is 2. The molecular weight excluding hydrogens is 426 g/mol. The lowest BCUT2D eigenvalue weighted by molar-refractivity contribution is 0.0981. The lowest BCUT2D eigenvalue weighted by atomic mass is 10.1. The number of benzene rings is 1. The van der Waals surface area contributed by atoms with Crippen molar-refractivity contribution in [1.29, 1.82) is 0 Å². The molecule has 1 aliphatic heterocycles. The van der Waals surface area contributed by atoms with E-state index < -0.39 is 15.9 Å². The van der Waals surface area contributed by atoms with Gasteiger partial charge >= 0.3 is 0 Å². The van der Waals surface area contributed by atoms with Crippen LogP contribution in [-0.4, -0.2) is 36.9 Å². The van der Waals surface area contributed by atoms with E-state index in [1.165, 1.54) is 18.2 Å². The van der Waals surface area contributed by atoms with Crippen molar-refractivity contribution in [1.82, 2.24) is 14.7 Å². The number of sulfonamides is 1. The minimum Gasteiger partial charge on any atom is -0.384 e. The van der Waals surface area contributed by atoms with E-state index >= 15 is 0 Å². The third kappa shape index (κ3) is 4.43. The van der Waals surface area contributed by atoms with Gasteiger partial charge in [-0.15, -0.1) is 0 Å². The highest BCUT2D eigenvalue weighted by molar-refractivity contribution is 7.90. The highest BCUT2D eigenvalue weighted by Gasteiger charge is 2.29. The number of carbonyl (C=O) groups excluding carboxylic acids is 1. The number of carbonyl (C=O) groups is 1. The normalized spacial score (nSPS) is 16.2. The molecule has 9 heteroatoms. The fraction of sp³-hybridized carbons (Fsp3) is 0.261. The van der Waals surface area contributed by atoms with Crippen LogP contribution in [-0.2, 0) is 10.0 Å². The van der Waals surface area contributed by atoms with Crippen LogP contribution >= 0.6 is 0 Å². The maximum Gasteiger partial charge on any atom is 0.281 e. The van der Waals surface area contributed by atoms with Crippen molar-refractivity contribution in [2.75, 3.05) is 17.2 Å². The summed E-state index contributed by atoms with van der Waals surface area (Å²) in [6.07, 6.45) is 1.95. The van der Waals surface area contributed by atoms with Gasteiger partial charge in [-0.1, -0.05) is 35.9 Å². The molecule has 0 radical (unpaired) electrons. The summed E-state index contributed by atoms with van der Waals surface area (Å²) in [5, 5.41) is -0.314. The lowest BCUT2D eigenvalue weighted by Crippen LogP contribution is -2.35. The third-order valence-corrected chi connectivity index (χ3v) is 6.77. The molecule has 166 valence electrons. The van der Waals surface area contributed by atoms with Crippen molar-refractivity contribution in [3.8, 4) is 11.3 Å². The van der Waals surface area contributed by atoms with E-state index in [2.05, 4.69) is 21.5 Å². The van der Waals surface area contributed by atoms with E-state index in [0.717, 1.165) is 36.2 Å². The molecule has 3 N–H and O–H groups in total. The molecule has 0 saturated carbocycles. The van der Waals surface area contributed by atoms with Crippen LogP contribution in [0.5, 0.6) is 0 Å². The number of aromatic nitrogens is 2. The predicted octanol–water partition coefficient (Wildman–Crippen LogP) is 3.14. The number of nitrogens with two attached hydrogens (primary N) is 1. The second-order valence-electron chi connectivity index (χ2n) is 7.95. The monoisotopic (exact) mass is 451 g/mol. The van der Waals surface area contributed by atoms with E-state index in [4.69, 9.17) is 10.7 Å². The van der Waals surface area contributed by atoms with Gasteiger partial charge in [-0.25, -0.2) is 14.7 Å². The van der Waals surface area contributed by atoms with Gasteiger partial charge in [0.1, 0.15) is 11.6 Å². The molecule has 1 amide bonds. The number of amides is 1. The summed E-state index contributed by atoms with van der Waals surface area (Å²) in [4.78, 5) is 23.7. The maximum absolute atomic E-state index is 13.1. The van der Waals surface area contributed by atoms with Crippen LogP contribution in [0, 0.1) is 6.92 Å². The minimum atomic E-state index is -4.19. The first-order valence-corrected chi connectivity index (χ1v) is 11.9. The quantitative estimate of drug-likeness (QED) is 0.612. The molecule has 32 heavy (non-hydrogen) atoms. The summed E-state index contributed by atoms with van der Waals surface area (Å²) in [5.41, 5.74) is 8.57. The van der Waals surface area contributed by atoms with E-state index in [-0.39, 0.29) is 22.4 Å². The Bertz CT molecular complexity index is 1260. The molecule has 3 heterocycles. The average molecular weight is 452 g/mol. The van der Waals surface area contributed by atoms with E-state index in [1.54, 1.807) is 12.1 Å². The Balaban J connectivity index is 1.72. The molecule has 1 saturated heterocycles. The average Bonchev–Trinajstić information content (AvgIpc) is 3.19. The molecule has 1 aromatic carbocycles. The Kier molecular flexibility index (Phi) is 5.84. The first-order chi connectivity index (χ1) is 15.2. The fourth-order valence-electron chi connectivity index (χ4n) is 3.79. The zero-order valence-corrected chi connectivity index (χ0v) is 18.8. The first-order valence-electron chi connectivity index (χ1n) is 10.4. The molecule has 1 fully saturated rings. The standard InChI is InChI=1S/C23H25N5O3S/c1-15-8-10-17(11-9-15)19-13-12-18(22(25-19)28-14-4-5-16(28)2)23(29)27-32(30,31)21-7-3-6-20(24)26-21/h3,6-13,16H,4-5,14H2,1-2H3,(H2,24,26)(H,27,29)/t16-/m0/s1. The summed E-state index contributed by atoms with van der Waals surface area (Å²) in [5.74, 6) is -0.233. The second-order valence-corrected chi connectivity index (χ2v) is 9.58. The van der Waals surface area contributed by atoms with Gasteiger partial charge < -0.3 is 10.6 Å². The summed E-state index contributed by atoms with van der Waals surface area (Å²) in [6, 6.07) is 15.7. The number of aryl methyl sites for hydroxylation is 1. The number of nitrogens with one attached hydrogen (secondary N) is 1. The molecular formula is C23H25N5O3S. The van der Waals surface area contributed by atoms with Crippen LogP contribution in [0.2, 0.25) is 0 Å². The zero-order valence-electron chi connectivity index (χ0n) is 17.9. The van der Waals surface area contributed by atoms with E-state index in [9.17, 15) is 13.2 Å². The van der Waals surface area contributed by atoms with Gasteiger partial charge in [-0.05, 0) is 51.0 Å². The summed E-state index contributed by atoms with van der Waals surface area (Å²) in [7, 11) is -4.19. The van der Waals surface area contributed by atoms with Crippen molar-refractivity contribution in [3.63, 3.8) is 0 Å². The summed E-state index contributed by atoms with van der Waals surface area (Å²) < 4.78 is 27.5. The molecule has 2 aromatic heterocycles. The number of hydrogen-bond acceptors (Lipinski definition) is 7. The Hall–Kier alpha value is -3.46. The summed E-state index contributed by atoms with van der Waals surface area (Å²) >= 11 is 0. The van der Waals surface area contributed by atoms with Crippen molar-refractivity contribution in [3.05, 3.63) is 65.7 Å². The van der Waals surface area contributed by atoms with Gasteiger partial charge in [0, 0.05) is 18.2 Å². The molecule has 3 aromatic rings. The van der Waals surface area contributed by atoms with Crippen molar-refractivity contribution in [2.24, 2.45) is 0 Å². The molecule has 0 aliphatic carbocycles. The highest BCUT2D eigenvalue weighted by Crippen LogP contribution is 2.30. The van der Waals surface area contributed by atoms with E-state index in [1.807, 2.05) is 31.2 Å². The minimum absolute atomic E-state index is 0.0519. The smallest absolute Gasteiger partial charge is 0.281 e. The van der Waals surface area contributed by atoms with Crippen LogP contribution in [0.4, 0.5) is 11.6 Å². The zero-order chi connectivity index (χ0) is 22.9. The molecule has 0 unspecified atom stereocenters. The molecule has 1 atom stereocenters. The van der Waals surface area contributed by atoms with Crippen LogP contribution < -0.4 is 15.4 Å². The molecule has 1 aliphatic rings. The van der Waals surface area contributed by atoms with Crippen LogP contribution in [0.25, 0.3) is 11.3 Å². The Morgan fingerprint density at radius 2 is 1.84 bits per heavy atom. The SMILES string of the molecule is Cc1ccc(-c2ccc(C(=O)NS(=O)(=O)c3cccc(N)n3)c(N3CCC[C@@H]3C)n2)cc1. The number of nitrogens with zero attached hydrogens (tertiary/aromatic N) is 3. The number of rotatable bonds is 5. The van der Waals surface area contributed by atoms with Gasteiger partial charge in [-0.3, -0.25) is 4.79 Å². The third-order valence-electron chi connectivity index (χ3n) is 5.54. The summed E-state index contributed by atoms with van der Waals surface area (Å²) in [6.45, 7) is 4.83. The highest BCUT2D eigenvalue weighted by atomic mass is 32.2. The van der Waals surface area contributed by atoms with Crippen LogP contribution in [0.3, 0.4) is 0 Å². The molecule has 4 rings (SSSR count). The number of nitrogen functional groups attached to an aromatic ring is 1. The van der Waals surface area contributed by atoms with Crippen molar-refractivity contribution < 1.29 is 13.2 Å². The second kappa shape index (κ2) is 8.58. The maximum atomic E-state index is 13.1. The topological polar surface area (TPSA) is 118 Å². The van der Waals surface area contributed by atoms with Gasteiger partial charge in [0.2, 0.25) is 0 Å². The predicted molar refractivity (Wildman–Crippen MR) is 124 cm³/mol. The van der Waals surface area contributed by atoms with Gasteiger partial charge in [0.05, 0.1) is 11.3 Å².